The normalized spacial score (nSPS) is 32.2. The minimum atomic E-state index is -2.50. The summed E-state index contributed by atoms with van der Waals surface area (Å²) >= 11 is 2.32. The highest BCUT2D eigenvalue weighted by Crippen LogP contribution is 2.50. The Labute approximate surface area is 580 Å². The van der Waals surface area contributed by atoms with Gasteiger partial charge < -0.3 is 60.0 Å². The van der Waals surface area contributed by atoms with E-state index in [1.807, 2.05) is 0 Å². The van der Waals surface area contributed by atoms with Crippen molar-refractivity contribution >= 4 is 70.0 Å². The van der Waals surface area contributed by atoms with Gasteiger partial charge in [0.15, 0.2) is 47.9 Å². The van der Waals surface area contributed by atoms with Crippen LogP contribution in [0.1, 0.15) is 188 Å². The van der Waals surface area contributed by atoms with Gasteiger partial charge in [-0.1, -0.05) is 147 Å². The van der Waals surface area contributed by atoms with E-state index >= 15 is 4.79 Å². The summed E-state index contributed by atoms with van der Waals surface area (Å²) < 4.78 is 93.6. The second kappa shape index (κ2) is 31.6. The van der Waals surface area contributed by atoms with Crippen molar-refractivity contribution in [1.82, 2.24) is 0 Å². The van der Waals surface area contributed by atoms with Crippen LogP contribution in [0.25, 0.3) is 0 Å². The highest BCUT2D eigenvalue weighted by atomic mass is 127. The van der Waals surface area contributed by atoms with E-state index < -0.39 is 72.1 Å². The minimum Gasteiger partial charge on any atom is -0.414 e. The van der Waals surface area contributed by atoms with Crippen molar-refractivity contribution in [3.8, 4) is 0 Å². The maximum absolute atomic E-state index is 15.4. The number of ether oxygens (including phenoxy) is 8. The standard InChI is InChI=1S/C72H135IO14Si5/c1-47-40-51(30-33-56-48(2)41-52(79-56)32-35-62-76-38-39-77-62)80-59(49(47)3)45-60-55(63(75-19)61(82-60)44-54(84-89(22,23)69(7,8)9)46-78-88(20,21)68(4,5)6)43-50(74)42-53-31-34-57-64(81-53)66(86-91(26,27)71(13,14)15)67(87-92(28,29)72(16,17)18)65(83-57)58(36-37-73)85-90(24,25)70(10,11)12/h36-37,47,51-67H,2-3,30-35,38-46H2,1,4-29H3/b37-36+/t47-,51-,52-,53+,54-,55-,56-,57-,58?,59+,60-,61+,63+,64-,65-,66?,67?/m0/s1. The van der Waals surface area contributed by atoms with Gasteiger partial charge in [-0.2, -0.15) is 0 Å². The van der Waals surface area contributed by atoms with Gasteiger partial charge in [0.2, 0.25) is 0 Å². The second-order valence-electron chi connectivity index (χ2n) is 36.2. The predicted octanol–water partition coefficient (Wildman–Crippen LogP) is 18.4. The van der Waals surface area contributed by atoms with E-state index in [2.05, 4.69) is 216 Å². The van der Waals surface area contributed by atoms with Gasteiger partial charge >= 0.3 is 0 Å². The molecule has 0 saturated carbocycles. The van der Waals surface area contributed by atoms with Crippen LogP contribution >= 0.6 is 22.6 Å². The van der Waals surface area contributed by atoms with Crippen molar-refractivity contribution in [3.63, 3.8) is 0 Å². The van der Waals surface area contributed by atoms with E-state index in [9.17, 15) is 0 Å². The van der Waals surface area contributed by atoms with E-state index in [0.29, 0.717) is 45.5 Å². The Balaban J connectivity index is 1.31. The smallest absolute Gasteiger partial charge is 0.193 e. The lowest BCUT2D eigenvalue weighted by Crippen LogP contribution is -2.69. The number of hydrogen-bond acceptors (Lipinski definition) is 14. The third kappa shape index (κ3) is 20.7. The lowest BCUT2D eigenvalue weighted by molar-refractivity contribution is -0.266. The van der Waals surface area contributed by atoms with Gasteiger partial charge in [-0.25, -0.2) is 0 Å². The summed E-state index contributed by atoms with van der Waals surface area (Å²) in [5, 5.41) is -0.257. The molecule has 6 heterocycles. The molecule has 14 nitrogen and oxygen atoms in total. The third-order valence-electron chi connectivity index (χ3n) is 24.0. The number of hydrogen-bond donors (Lipinski definition) is 0. The van der Waals surface area contributed by atoms with Crippen molar-refractivity contribution in [2.24, 2.45) is 11.8 Å². The lowest BCUT2D eigenvalue weighted by atomic mass is 9.81. The molecule has 3 unspecified atom stereocenters. The van der Waals surface area contributed by atoms with E-state index in [-0.39, 0.29) is 123 Å². The molecule has 92 heavy (non-hydrogen) atoms. The summed E-state index contributed by atoms with van der Waals surface area (Å²) in [4.78, 5) is 15.4. The van der Waals surface area contributed by atoms with Crippen molar-refractivity contribution < 1.29 is 64.8 Å². The van der Waals surface area contributed by atoms with Crippen LogP contribution < -0.4 is 0 Å². The quantitative estimate of drug-likeness (QED) is 0.0417. The first-order valence-corrected chi connectivity index (χ1v) is 51.3. The summed E-state index contributed by atoms with van der Waals surface area (Å²) in [5.41, 5.74) is 2.23. The molecule has 0 aromatic rings. The number of Topliss-reactive ketones (excluding diaryl/α,β-unsaturated/α-hetero) is 1. The fourth-order valence-electron chi connectivity index (χ4n) is 12.8. The Morgan fingerprint density at radius 2 is 1.15 bits per heavy atom. The molecule has 0 aromatic heterocycles. The number of methoxy groups -OCH3 is 1. The van der Waals surface area contributed by atoms with Crippen LogP contribution in [-0.4, -0.2) is 172 Å². The Morgan fingerprint density at radius 3 is 1.71 bits per heavy atom. The predicted molar refractivity (Wildman–Crippen MR) is 396 cm³/mol. The molecule has 0 aliphatic carbocycles. The lowest BCUT2D eigenvalue weighted by Gasteiger charge is -2.56. The molecule has 6 aliphatic rings. The molecule has 17 atom stereocenters. The molecule has 6 aliphatic heterocycles. The second-order valence-corrected chi connectivity index (χ2v) is 60.8. The van der Waals surface area contributed by atoms with Gasteiger partial charge in [-0.05, 0) is 163 Å². The highest BCUT2D eigenvalue weighted by Gasteiger charge is 2.59. The topological polar surface area (TPSA) is 137 Å². The van der Waals surface area contributed by atoms with Crippen LogP contribution in [0.4, 0.5) is 0 Å². The van der Waals surface area contributed by atoms with Gasteiger partial charge in [0.1, 0.15) is 30.2 Å². The number of ketones is 1. The summed E-state index contributed by atoms with van der Waals surface area (Å²) in [6, 6.07) is 0. The number of halogens is 1. The zero-order valence-electron chi connectivity index (χ0n) is 63.2. The zero-order chi connectivity index (χ0) is 69.3. The molecule has 0 amide bonds. The van der Waals surface area contributed by atoms with Gasteiger partial charge in [0.05, 0.1) is 87.0 Å². The maximum Gasteiger partial charge on any atom is 0.193 e. The van der Waals surface area contributed by atoms with E-state index in [1.165, 1.54) is 0 Å². The number of fused-ring (bicyclic) bond motifs is 1. The molecule has 0 spiro atoms. The zero-order valence-corrected chi connectivity index (χ0v) is 70.3. The summed E-state index contributed by atoms with van der Waals surface area (Å²) in [5.74, 6) is 0.0816. The average molecular weight is 1490 g/mol. The molecule has 534 valence electrons. The summed E-state index contributed by atoms with van der Waals surface area (Å²) in [6.07, 6.45) is 5.70. The molecule has 0 radical (unpaired) electrons. The van der Waals surface area contributed by atoms with Crippen LogP contribution in [0.3, 0.4) is 0 Å². The first kappa shape index (κ1) is 81.2. The largest absolute Gasteiger partial charge is 0.414 e. The van der Waals surface area contributed by atoms with Crippen LogP contribution in [0.5, 0.6) is 0 Å². The van der Waals surface area contributed by atoms with E-state index in [1.54, 1.807) is 7.11 Å². The summed E-state index contributed by atoms with van der Waals surface area (Å²) in [6.45, 7) is 70.8. The Kier molecular flexibility index (Phi) is 27.9. The molecule has 0 aromatic carbocycles. The molecule has 0 N–H and O–H groups in total. The van der Waals surface area contributed by atoms with Crippen molar-refractivity contribution in [1.29, 1.82) is 0 Å². The summed E-state index contributed by atoms with van der Waals surface area (Å²) in [7, 11) is -10.0. The van der Waals surface area contributed by atoms with E-state index in [0.717, 1.165) is 49.7 Å². The van der Waals surface area contributed by atoms with Crippen LogP contribution in [-0.2, 0) is 64.8 Å². The Morgan fingerprint density at radius 1 is 0.609 bits per heavy atom. The fourth-order valence-corrected chi connectivity index (χ4v) is 19.5. The van der Waals surface area contributed by atoms with Crippen molar-refractivity contribution in [3.05, 3.63) is 34.5 Å². The van der Waals surface area contributed by atoms with Crippen LogP contribution in [0.15, 0.2) is 34.5 Å². The van der Waals surface area contributed by atoms with Gasteiger partial charge in [0, 0.05) is 45.1 Å². The monoisotopic (exact) mass is 1490 g/mol. The number of rotatable bonds is 28. The Bertz CT molecular complexity index is 2430. The Hall–Kier alpha value is 0.184. The molecular weight excluding hydrogens is 1360 g/mol. The first-order valence-electron chi connectivity index (χ1n) is 35.6. The van der Waals surface area contributed by atoms with Crippen LogP contribution in [0, 0.1) is 11.8 Å². The van der Waals surface area contributed by atoms with Crippen molar-refractivity contribution in [2.45, 2.75) is 376 Å². The third-order valence-corrected chi connectivity index (χ3v) is 46.9. The van der Waals surface area contributed by atoms with Gasteiger partial charge in [-0.15, -0.1) is 0 Å². The minimum absolute atomic E-state index is 0.00240. The molecule has 20 heteroatoms. The molecule has 6 fully saturated rings. The molecular formula is C72H135IO14Si5. The van der Waals surface area contributed by atoms with E-state index in [4.69, 9.17) is 66.6 Å². The van der Waals surface area contributed by atoms with Gasteiger partial charge in [-0.3, -0.25) is 4.79 Å². The van der Waals surface area contributed by atoms with Crippen LogP contribution in [0.2, 0.25) is 90.7 Å². The molecule has 0 bridgehead atoms. The fraction of sp³-hybridized carbons (Fsp3) is 0.903. The molecule has 6 saturated heterocycles. The first-order chi connectivity index (χ1) is 42.0. The number of carbonyl (C=O) groups is 1. The highest BCUT2D eigenvalue weighted by molar-refractivity contribution is 14.1. The average Bonchev–Trinajstić information content (AvgIpc) is 0.957. The van der Waals surface area contributed by atoms with Crippen molar-refractivity contribution in [2.75, 3.05) is 26.9 Å². The molecule has 6 rings (SSSR count). The number of carbonyl (C=O) groups excluding carboxylic acids is 1. The van der Waals surface area contributed by atoms with Gasteiger partial charge in [0.25, 0.3) is 0 Å². The SMILES string of the molecule is C=C1C[C@H](CCC2OCCO2)O[C@H]1CC[C@H]1C[C@H](C)C(=C)[C@@H](C[C@@H]2O[C@H](C[C@@H](CO[Si](C)(C)C(C)(C)C)O[Si](C)(C)C(C)(C)C)[C@H](OC)[C@H]2CC(=O)C[C@H]2CC[C@@H]3O[C@@H](C(/C=C/I)O[Si](C)(C)C(C)(C)C)C(O[Si](C)(C)C(C)(C)C)C(O[Si](C)(C)C(C)(C)C)[C@H]3O2)O1. The maximum atomic E-state index is 15.4.